The van der Waals surface area contributed by atoms with E-state index in [1.165, 1.54) is 24.3 Å². The summed E-state index contributed by atoms with van der Waals surface area (Å²) in [6.07, 6.45) is -1.25. The first-order chi connectivity index (χ1) is 16.2. The fraction of sp³-hybridized carbons (Fsp3) is 0.174. The van der Waals surface area contributed by atoms with E-state index in [1.807, 2.05) is 12.1 Å². The lowest BCUT2D eigenvalue weighted by Crippen LogP contribution is -2.43. The molecular weight excluding hydrogens is 460 g/mol. The SMILES string of the molecule is Nc1cccc(CCOc2ccc(C(=O)OC(=O)C[C@@H](N)NS(=O)(=O)c3ccccc3)cc2)n1. The predicted molar refractivity (Wildman–Crippen MR) is 124 cm³/mol. The third-order valence-corrected chi connectivity index (χ3v) is 6.00. The molecule has 0 radical (unpaired) electrons. The number of nitrogens with zero attached hydrogens (tertiary/aromatic N) is 1. The summed E-state index contributed by atoms with van der Waals surface area (Å²) in [5.74, 6) is -0.907. The largest absolute Gasteiger partial charge is 0.493 e. The van der Waals surface area contributed by atoms with Crippen LogP contribution >= 0.6 is 0 Å². The normalized spacial score (nSPS) is 12.0. The molecule has 178 valence electrons. The molecule has 1 atom stereocenters. The number of rotatable bonds is 10. The molecule has 3 aromatic rings. The number of pyridine rings is 1. The van der Waals surface area contributed by atoms with Crippen molar-refractivity contribution in [3.05, 3.63) is 84.1 Å². The Morgan fingerprint density at radius 3 is 2.35 bits per heavy atom. The van der Waals surface area contributed by atoms with Gasteiger partial charge in [0, 0.05) is 12.1 Å². The second-order valence-corrected chi connectivity index (χ2v) is 8.90. The molecule has 1 aromatic heterocycles. The van der Waals surface area contributed by atoms with Crippen LogP contribution < -0.4 is 20.9 Å². The summed E-state index contributed by atoms with van der Waals surface area (Å²) in [4.78, 5) is 28.4. The van der Waals surface area contributed by atoms with Crippen LogP contribution in [0.4, 0.5) is 5.82 Å². The molecule has 3 rings (SSSR count). The van der Waals surface area contributed by atoms with Gasteiger partial charge in [0.1, 0.15) is 11.6 Å². The molecule has 0 aliphatic rings. The van der Waals surface area contributed by atoms with E-state index >= 15 is 0 Å². The zero-order valence-electron chi connectivity index (χ0n) is 18.1. The second kappa shape index (κ2) is 11.4. The Kier molecular flexibility index (Phi) is 8.30. The molecule has 10 nitrogen and oxygen atoms in total. The minimum Gasteiger partial charge on any atom is -0.493 e. The first-order valence-electron chi connectivity index (χ1n) is 10.3. The lowest BCUT2D eigenvalue weighted by molar-refractivity contribution is -0.138. The van der Waals surface area contributed by atoms with Gasteiger partial charge >= 0.3 is 11.9 Å². The summed E-state index contributed by atoms with van der Waals surface area (Å²) >= 11 is 0. The van der Waals surface area contributed by atoms with Crippen molar-refractivity contribution in [2.24, 2.45) is 5.73 Å². The third-order valence-electron chi connectivity index (χ3n) is 4.50. The smallest absolute Gasteiger partial charge is 0.345 e. The van der Waals surface area contributed by atoms with E-state index in [9.17, 15) is 18.0 Å². The van der Waals surface area contributed by atoms with Crippen molar-refractivity contribution < 1.29 is 27.5 Å². The molecule has 0 spiro atoms. The zero-order chi connectivity index (χ0) is 24.6. The molecule has 1 heterocycles. The van der Waals surface area contributed by atoms with E-state index in [1.54, 1.807) is 36.4 Å². The first-order valence-corrected chi connectivity index (χ1v) is 11.7. The quantitative estimate of drug-likeness (QED) is 0.220. The number of esters is 2. The van der Waals surface area contributed by atoms with Crippen LogP contribution in [0.25, 0.3) is 0 Å². The third kappa shape index (κ3) is 7.37. The summed E-state index contributed by atoms with van der Waals surface area (Å²) in [6.45, 7) is 0.357. The number of nitrogen functional groups attached to an aromatic ring is 1. The Morgan fingerprint density at radius 2 is 1.68 bits per heavy atom. The topological polar surface area (TPSA) is 164 Å². The van der Waals surface area contributed by atoms with Crippen molar-refractivity contribution in [3.63, 3.8) is 0 Å². The number of nitrogens with one attached hydrogen (secondary N) is 1. The zero-order valence-corrected chi connectivity index (χ0v) is 18.9. The van der Waals surface area contributed by atoms with Gasteiger partial charge in [0.15, 0.2) is 0 Å². The molecular formula is C23H24N4O6S. The number of sulfonamides is 1. The minimum absolute atomic E-state index is 0.00126. The van der Waals surface area contributed by atoms with Crippen LogP contribution in [-0.4, -0.2) is 38.1 Å². The van der Waals surface area contributed by atoms with Gasteiger partial charge in [-0.3, -0.25) is 4.79 Å². The first kappa shape index (κ1) is 24.8. The van der Waals surface area contributed by atoms with Gasteiger partial charge in [-0.1, -0.05) is 24.3 Å². The number of nitrogens with two attached hydrogens (primary N) is 2. The Hall–Kier alpha value is -3.80. The molecule has 0 aliphatic carbocycles. The number of carbonyl (C=O) groups is 2. The molecule has 2 aromatic carbocycles. The van der Waals surface area contributed by atoms with E-state index < -0.39 is 34.5 Å². The van der Waals surface area contributed by atoms with Crippen LogP contribution in [0.3, 0.4) is 0 Å². The van der Waals surface area contributed by atoms with Crippen molar-refractivity contribution in [2.75, 3.05) is 12.3 Å². The monoisotopic (exact) mass is 484 g/mol. The van der Waals surface area contributed by atoms with E-state index in [0.29, 0.717) is 24.6 Å². The molecule has 0 bridgehead atoms. The van der Waals surface area contributed by atoms with Crippen LogP contribution in [0, 0.1) is 0 Å². The maximum absolute atomic E-state index is 12.2. The van der Waals surface area contributed by atoms with Crippen LogP contribution in [0.2, 0.25) is 0 Å². The van der Waals surface area contributed by atoms with Gasteiger partial charge in [-0.2, -0.15) is 4.72 Å². The van der Waals surface area contributed by atoms with Gasteiger partial charge in [-0.25, -0.2) is 18.2 Å². The Balaban J connectivity index is 1.45. The number of anilines is 1. The van der Waals surface area contributed by atoms with Crippen molar-refractivity contribution >= 4 is 27.8 Å². The molecule has 0 aliphatic heterocycles. The number of aromatic nitrogens is 1. The lowest BCUT2D eigenvalue weighted by Gasteiger charge is -2.13. The molecule has 11 heteroatoms. The van der Waals surface area contributed by atoms with Crippen molar-refractivity contribution in [1.29, 1.82) is 0 Å². The van der Waals surface area contributed by atoms with E-state index in [-0.39, 0.29) is 10.5 Å². The number of carbonyl (C=O) groups excluding carboxylic acids is 2. The summed E-state index contributed by atoms with van der Waals surface area (Å²) in [6, 6.07) is 18.9. The average molecular weight is 485 g/mol. The minimum atomic E-state index is -3.91. The number of hydrogen-bond donors (Lipinski definition) is 3. The van der Waals surface area contributed by atoms with Gasteiger partial charge in [-0.15, -0.1) is 0 Å². The standard InChI is InChI=1S/C23H24N4O6S/c24-20-8-4-5-17(26-20)13-14-32-18-11-9-16(10-12-18)23(29)33-22(28)15-21(25)27-34(30,31)19-6-2-1-3-7-19/h1-12,21,27H,13-15,25H2,(H2,24,26)/t21-/m0/s1. The summed E-state index contributed by atoms with van der Waals surface area (Å²) < 4.78 is 37.0. The molecule has 0 saturated heterocycles. The van der Waals surface area contributed by atoms with Crippen molar-refractivity contribution in [2.45, 2.75) is 23.9 Å². The summed E-state index contributed by atoms with van der Waals surface area (Å²) in [5.41, 5.74) is 12.3. The van der Waals surface area contributed by atoms with E-state index in [4.69, 9.17) is 20.9 Å². The van der Waals surface area contributed by atoms with Crippen LogP contribution in [0.5, 0.6) is 5.75 Å². The average Bonchev–Trinajstić information content (AvgIpc) is 2.79. The fourth-order valence-corrected chi connectivity index (χ4v) is 4.02. The van der Waals surface area contributed by atoms with Gasteiger partial charge < -0.3 is 20.9 Å². The van der Waals surface area contributed by atoms with Crippen LogP contribution in [0.1, 0.15) is 22.5 Å². The molecule has 0 amide bonds. The van der Waals surface area contributed by atoms with E-state index in [0.717, 1.165) is 5.69 Å². The number of ether oxygens (including phenoxy) is 2. The summed E-state index contributed by atoms with van der Waals surface area (Å²) in [5, 5.41) is 0. The Morgan fingerprint density at radius 1 is 0.971 bits per heavy atom. The second-order valence-electron chi connectivity index (χ2n) is 7.18. The van der Waals surface area contributed by atoms with Gasteiger partial charge in [-0.05, 0) is 48.5 Å². The van der Waals surface area contributed by atoms with Crippen LogP contribution in [-0.2, 0) is 26.0 Å². The molecule has 34 heavy (non-hydrogen) atoms. The molecule has 5 N–H and O–H groups in total. The number of hydrogen-bond acceptors (Lipinski definition) is 9. The van der Waals surface area contributed by atoms with Gasteiger partial charge in [0.25, 0.3) is 0 Å². The Bertz CT molecular complexity index is 1230. The molecule has 0 saturated carbocycles. The predicted octanol–water partition coefficient (Wildman–Crippen LogP) is 1.62. The fourth-order valence-electron chi connectivity index (χ4n) is 2.89. The van der Waals surface area contributed by atoms with Gasteiger partial charge in [0.05, 0.1) is 29.7 Å². The highest BCUT2D eigenvalue weighted by atomic mass is 32.2. The van der Waals surface area contributed by atoms with Crippen molar-refractivity contribution in [3.8, 4) is 5.75 Å². The highest BCUT2D eigenvalue weighted by Gasteiger charge is 2.21. The van der Waals surface area contributed by atoms with E-state index in [2.05, 4.69) is 9.71 Å². The molecule has 0 fully saturated rings. The maximum atomic E-state index is 12.2. The van der Waals surface area contributed by atoms with Crippen molar-refractivity contribution in [1.82, 2.24) is 9.71 Å². The molecule has 0 unspecified atom stereocenters. The highest BCUT2D eigenvalue weighted by molar-refractivity contribution is 7.89. The summed E-state index contributed by atoms with van der Waals surface area (Å²) in [7, 11) is -3.91. The highest BCUT2D eigenvalue weighted by Crippen LogP contribution is 2.14. The van der Waals surface area contributed by atoms with Crippen LogP contribution in [0.15, 0.2) is 77.7 Å². The maximum Gasteiger partial charge on any atom is 0.345 e. The lowest BCUT2D eigenvalue weighted by atomic mass is 10.2. The Labute approximate surface area is 196 Å². The number of benzene rings is 2. The van der Waals surface area contributed by atoms with Gasteiger partial charge in [0.2, 0.25) is 10.0 Å².